The van der Waals surface area contributed by atoms with Crippen LogP contribution in [-0.4, -0.2) is 77.4 Å². The van der Waals surface area contributed by atoms with E-state index in [1.165, 1.54) is 5.56 Å². The first-order valence-electron chi connectivity index (χ1n) is 10.0. The molecule has 1 aliphatic heterocycles. The van der Waals surface area contributed by atoms with Crippen LogP contribution in [0, 0.1) is 5.41 Å². The number of carbonyl (C=O) groups excluding carboxylic acids is 1. The number of methoxy groups -OCH3 is 1. The number of nitrogens with one attached hydrogen (secondary N) is 3. The van der Waals surface area contributed by atoms with Gasteiger partial charge >= 0.3 is 0 Å². The summed E-state index contributed by atoms with van der Waals surface area (Å²) in [4.78, 5) is 18.7. The fraction of sp³-hybridized carbons (Fsp3) is 0.619. The Morgan fingerprint density at radius 2 is 1.90 bits per heavy atom. The van der Waals surface area contributed by atoms with Crippen LogP contribution >= 0.6 is 0 Å². The number of nitrogens with zero attached hydrogens (tertiary/aromatic N) is 2. The van der Waals surface area contributed by atoms with Crippen molar-refractivity contribution in [2.75, 3.05) is 60.6 Å². The van der Waals surface area contributed by atoms with E-state index in [9.17, 15) is 4.79 Å². The highest BCUT2D eigenvalue weighted by atomic mass is 16.5. The quantitative estimate of drug-likeness (QED) is 0.442. The Labute approximate surface area is 174 Å². The summed E-state index contributed by atoms with van der Waals surface area (Å²) in [5.41, 5.74) is 0.674. The van der Waals surface area contributed by atoms with Crippen LogP contribution in [0.15, 0.2) is 29.3 Å². The van der Waals surface area contributed by atoms with Gasteiger partial charge in [0.2, 0.25) is 5.91 Å². The molecule has 162 valence electrons. The maximum Gasteiger partial charge on any atom is 0.227 e. The molecule has 1 fully saturated rings. The normalized spacial score (nSPS) is 16.8. The largest absolute Gasteiger partial charge is 0.497 e. The topological polar surface area (TPSA) is 87.2 Å². The summed E-state index contributed by atoms with van der Waals surface area (Å²) < 4.78 is 10.8. The second-order valence-corrected chi connectivity index (χ2v) is 7.71. The Hall–Kier alpha value is -2.32. The van der Waals surface area contributed by atoms with Crippen LogP contribution < -0.4 is 20.7 Å². The molecule has 1 amide bonds. The standard InChI is InChI=1S/C21H35N5O3/c1-21(2,19(27)22-3)15-25-20(23-4)24-14-18(26-10-12-29-13-11-26)16-6-8-17(28-5)9-7-16/h6-9,18H,10-15H2,1-5H3,(H,22,27)(H2,23,24,25). The van der Waals surface area contributed by atoms with Gasteiger partial charge in [-0.2, -0.15) is 0 Å². The van der Waals surface area contributed by atoms with Gasteiger partial charge in [-0.1, -0.05) is 12.1 Å². The smallest absolute Gasteiger partial charge is 0.227 e. The first-order chi connectivity index (χ1) is 13.9. The average molecular weight is 406 g/mol. The van der Waals surface area contributed by atoms with Gasteiger partial charge in [0.25, 0.3) is 0 Å². The van der Waals surface area contributed by atoms with E-state index < -0.39 is 5.41 Å². The molecule has 1 atom stereocenters. The van der Waals surface area contributed by atoms with E-state index in [0.717, 1.165) is 32.1 Å². The van der Waals surface area contributed by atoms with Gasteiger partial charge in [0.05, 0.1) is 31.8 Å². The molecule has 0 radical (unpaired) electrons. The molecule has 0 spiro atoms. The van der Waals surface area contributed by atoms with Crippen molar-refractivity contribution in [3.05, 3.63) is 29.8 Å². The maximum absolute atomic E-state index is 12.0. The lowest BCUT2D eigenvalue weighted by molar-refractivity contribution is -0.128. The number of amides is 1. The number of morpholine rings is 1. The third-order valence-corrected chi connectivity index (χ3v) is 5.21. The number of aliphatic imine (C=N–C) groups is 1. The minimum absolute atomic E-state index is 0.00937. The molecule has 0 saturated carbocycles. The van der Waals surface area contributed by atoms with Gasteiger partial charge in [0.1, 0.15) is 5.75 Å². The van der Waals surface area contributed by atoms with Gasteiger partial charge < -0.3 is 25.4 Å². The molecule has 1 aromatic carbocycles. The molecule has 29 heavy (non-hydrogen) atoms. The van der Waals surface area contributed by atoms with Crippen LogP contribution in [0.5, 0.6) is 5.75 Å². The number of ether oxygens (including phenoxy) is 2. The third kappa shape index (κ3) is 6.61. The minimum Gasteiger partial charge on any atom is -0.497 e. The molecular formula is C21H35N5O3. The van der Waals surface area contributed by atoms with Crippen molar-refractivity contribution in [1.29, 1.82) is 0 Å². The van der Waals surface area contributed by atoms with Gasteiger partial charge in [-0.25, -0.2) is 0 Å². The van der Waals surface area contributed by atoms with Crippen molar-refractivity contribution in [1.82, 2.24) is 20.9 Å². The Morgan fingerprint density at radius 1 is 1.24 bits per heavy atom. The number of hydrogen-bond acceptors (Lipinski definition) is 5. The predicted molar refractivity (Wildman–Crippen MR) is 115 cm³/mol. The number of guanidine groups is 1. The van der Waals surface area contributed by atoms with Crippen molar-refractivity contribution >= 4 is 11.9 Å². The molecule has 0 bridgehead atoms. The molecular weight excluding hydrogens is 370 g/mol. The summed E-state index contributed by atoms with van der Waals surface area (Å²) >= 11 is 0. The zero-order chi connectivity index (χ0) is 21.3. The molecule has 1 saturated heterocycles. The van der Waals surface area contributed by atoms with E-state index in [4.69, 9.17) is 9.47 Å². The monoisotopic (exact) mass is 405 g/mol. The van der Waals surface area contributed by atoms with Crippen molar-refractivity contribution in [3.8, 4) is 5.75 Å². The van der Waals surface area contributed by atoms with Crippen LogP contribution in [0.25, 0.3) is 0 Å². The Balaban J connectivity index is 2.04. The van der Waals surface area contributed by atoms with Crippen molar-refractivity contribution < 1.29 is 14.3 Å². The van der Waals surface area contributed by atoms with Crippen LogP contribution in [0.2, 0.25) is 0 Å². The van der Waals surface area contributed by atoms with E-state index in [-0.39, 0.29) is 11.9 Å². The fourth-order valence-corrected chi connectivity index (χ4v) is 3.31. The van der Waals surface area contributed by atoms with Crippen LogP contribution in [0.3, 0.4) is 0 Å². The molecule has 8 nitrogen and oxygen atoms in total. The molecule has 1 aliphatic rings. The molecule has 0 aliphatic carbocycles. The number of benzene rings is 1. The van der Waals surface area contributed by atoms with Crippen molar-refractivity contribution in [2.45, 2.75) is 19.9 Å². The zero-order valence-electron chi connectivity index (χ0n) is 18.2. The third-order valence-electron chi connectivity index (χ3n) is 5.21. The SMILES string of the molecule is CN=C(NCC(c1ccc(OC)cc1)N1CCOCC1)NCC(C)(C)C(=O)NC. The molecule has 2 rings (SSSR count). The van der Waals surface area contributed by atoms with E-state index in [0.29, 0.717) is 19.0 Å². The van der Waals surface area contributed by atoms with Crippen molar-refractivity contribution in [3.63, 3.8) is 0 Å². The average Bonchev–Trinajstić information content (AvgIpc) is 2.76. The summed E-state index contributed by atoms with van der Waals surface area (Å²) in [5, 5.41) is 9.39. The van der Waals surface area contributed by atoms with Gasteiger partial charge in [0.15, 0.2) is 5.96 Å². The lowest BCUT2D eigenvalue weighted by Gasteiger charge is -2.35. The van der Waals surface area contributed by atoms with E-state index in [1.807, 2.05) is 26.0 Å². The molecule has 1 unspecified atom stereocenters. The summed E-state index contributed by atoms with van der Waals surface area (Å²) in [6.45, 7) is 8.21. The Bertz CT molecular complexity index is 669. The van der Waals surface area contributed by atoms with Gasteiger partial charge in [-0.05, 0) is 31.5 Å². The maximum atomic E-state index is 12.0. The summed E-state index contributed by atoms with van der Waals surface area (Å²) in [6.07, 6.45) is 0. The first-order valence-corrected chi connectivity index (χ1v) is 10.0. The number of hydrogen-bond donors (Lipinski definition) is 3. The lowest BCUT2D eigenvalue weighted by Crippen LogP contribution is -2.49. The van der Waals surface area contributed by atoms with Gasteiger partial charge in [-0.3, -0.25) is 14.7 Å². The van der Waals surface area contributed by atoms with E-state index >= 15 is 0 Å². The highest BCUT2D eigenvalue weighted by molar-refractivity contribution is 5.84. The van der Waals surface area contributed by atoms with Gasteiger partial charge in [-0.15, -0.1) is 0 Å². The van der Waals surface area contributed by atoms with E-state index in [1.54, 1.807) is 21.2 Å². The zero-order valence-corrected chi connectivity index (χ0v) is 18.2. The van der Waals surface area contributed by atoms with E-state index in [2.05, 4.69) is 38.0 Å². The van der Waals surface area contributed by atoms with Crippen LogP contribution in [0.4, 0.5) is 0 Å². The Morgan fingerprint density at radius 3 is 2.45 bits per heavy atom. The molecule has 1 heterocycles. The highest BCUT2D eigenvalue weighted by Crippen LogP contribution is 2.23. The molecule has 0 aromatic heterocycles. The molecule has 8 heteroatoms. The number of carbonyl (C=O) groups is 1. The Kier molecular flexibility index (Phi) is 8.72. The van der Waals surface area contributed by atoms with Crippen LogP contribution in [0.1, 0.15) is 25.5 Å². The fourth-order valence-electron chi connectivity index (χ4n) is 3.31. The van der Waals surface area contributed by atoms with Gasteiger partial charge in [0, 0.05) is 40.3 Å². The van der Waals surface area contributed by atoms with Crippen molar-refractivity contribution in [2.24, 2.45) is 10.4 Å². The first kappa shape index (κ1) is 23.0. The minimum atomic E-state index is -0.536. The second-order valence-electron chi connectivity index (χ2n) is 7.71. The lowest BCUT2D eigenvalue weighted by atomic mass is 9.92. The summed E-state index contributed by atoms with van der Waals surface area (Å²) in [6, 6.07) is 8.36. The summed E-state index contributed by atoms with van der Waals surface area (Å²) in [7, 11) is 5.06. The predicted octanol–water partition coefficient (Wildman–Crippen LogP) is 1.01. The molecule has 1 aromatic rings. The van der Waals surface area contributed by atoms with Crippen LogP contribution in [-0.2, 0) is 9.53 Å². The molecule has 3 N–H and O–H groups in total. The number of rotatable bonds is 8. The second kappa shape index (κ2) is 11.0. The highest BCUT2D eigenvalue weighted by Gasteiger charge is 2.27. The summed E-state index contributed by atoms with van der Waals surface area (Å²) in [5.74, 6) is 1.51.